The van der Waals surface area contributed by atoms with Gasteiger partial charge in [0.2, 0.25) is 0 Å². The molecule has 0 atom stereocenters. The van der Waals surface area contributed by atoms with Gasteiger partial charge in [0, 0.05) is 76.2 Å². The molecule has 1 aromatic heterocycles. The van der Waals surface area contributed by atoms with Crippen molar-refractivity contribution in [1.82, 2.24) is 4.57 Å². The number of nitro benzene ring substituents is 1. The molecule has 6 rings (SSSR count). The fourth-order valence-electron chi connectivity index (χ4n) is 4.96. The number of fused-ring (bicyclic) bond motifs is 3. The van der Waals surface area contributed by atoms with Crippen LogP contribution in [0.3, 0.4) is 0 Å². The van der Waals surface area contributed by atoms with Crippen LogP contribution in [0.25, 0.3) is 27.5 Å². The lowest BCUT2D eigenvalue weighted by Gasteiger charge is -2.11. The van der Waals surface area contributed by atoms with E-state index in [-0.39, 0.29) is 5.69 Å². The van der Waals surface area contributed by atoms with Gasteiger partial charge in [-0.15, -0.1) is 6.42 Å². The molecular formula is C38H25N3O2. The summed E-state index contributed by atoms with van der Waals surface area (Å²) in [6.45, 7) is 0. The van der Waals surface area contributed by atoms with Crippen LogP contribution in [0.1, 0.15) is 27.8 Å². The van der Waals surface area contributed by atoms with Crippen molar-refractivity contribution in [2.45, 2.75) is 0 Å². The third-order valence-corrected chi connectivity index (χ3v) is 7.22. The first-order valence-electron chi connectivity index (χ1n) is 13.6. The van der Waals surface area contributed by atoms with Crippen LogP contribution in [0.4, 0.5) is 11.4 Å². The molecule has 0 saturated carbocycles. The van der Waals surface area contributed by atoms with Gasteiger partial charge in [-0.2, -0.15) is 0 Å². The standard InChI is InChI=1S/C38H25N3O2/c1-4-27-9-19-33(20-10-27)40-37-23-15-30(7-5-28-11-17-32(18-12-28)39(2)3)25-35(37)36-26-31(16-24-38(36)40)8-6-29-13-21-34(22-14-29)41(42)43/h1,9-26H,2-3H3. The lowest BCUT2D eigenvalue weighted by molar-refractivity contribution is -0.384. The van der Waals surface area contributed by atoms with Gasteiger partial charge in [0.05, 0.1) is 16.0 Å². The van der Waals surface area contributed by atoms with Crippen molar-refractivity contribution in [3.63, 3.8) is 0 Å². The summed E-state index contributed by atoms with van der Waals surface area (Å²) in [6.07, 6.45) is 5.60. The number of nitrogens with zero attached hydrogens (tertiary/aromatic N) is 3. The minimum atomic E-state index is -0.416. The van der Waals surface area contributed by atoms with E-state index in [1.54, 1.807) is 12.1 Å². The van der Waals surface area contributed by atoms with Crippen molar-refractivity contribution in [3.8, 4) is 41.7 Å². The molecule has 5 aromatic carbocycles. The van der Waals surface area contributed by atoms with Gasteiger partial charge in [0.25, 0.3) is 5.69 Å². The van der Waals surface area contributed by atoms with E-state index in [2.05, 4.69) is 75.5 Å². The first kappa shape index (κ1) is 27.0. The molecule has 0 saturated heterocycles. The molecule has 0 unspecified atom stereocenters. The second kappa shape index (κ2) is 11.3. The maximum absolute atomic E-state index is 11.0. The van der Waals surface area contributed by atoms with E-state index in [1.807, 2.05) is 62.6 Å². The van der Waals surface area contributed by atoms with Crippen LogP contribution in [-0.2, 0) is 0 Å². The maximum Gasteiger partial charge on any atom is 0.269 e. The number of non-ortho nitro benzene ring substituents is 1. The Kier molecular flexibility index (Phi) is 7.11. The van der Waals surface area contributed by atoms with E-state index in [0.717, 1.165) is 55.4 Å². The van der Waals surface area contributed by atoms with E-state index in [1.165, 1.54) is 12.1 Å². The van der Waals surface area contributed by atoms with Crippen molar-refractivity contribution >= 4 is 33.2 Å². The molecule has 0 radical (unpaired) electrons. The number of rotatable bonds is 3. The van der Waals surface area contributed by atoms with Crippen LogP contribution in [0, 0.1) is 46.1 Å². The minimum Gasteiger partial charge on any atom is -0.378 e. The fraction of sp³-hybridized carbons (Fsp3) is 0.0526. The molecule has 1 heterocycles. The number of nitro groups is 1. The molecule has 204 valence electrons. The van der Waals surface area contributed by atoms with Crippen LogP contribution in [-0.4, -0.2) is 23.6 Å². The highest BCUT2D eigenvalue weighted by Crippen LogP contribution is 2.33. The third-order valence-electron chi connectivity index (χ3n) is 7.22. The Hall–Kier alpha value is -6.22. The van der Waals surface area contributed by atoms with Crippen molar-refractivity contribution in [2.75, 3.05) is 19.0 Å². The Morgan fingerprint density at radius 2 is 1.07 bits per heavy atom. The molecule has 0 fully saturated rings. The Balaban J connectivity index is 1.45. The number of aromatic nitrogens is 1. The van der Waals surface area contributed by atoms with Crippen LogP contribution < -0.4 is 4.90 Å². The van der Waals surface area contributed by atoms with Crippen molar-refractivity contribution in [2.24, 2.45) is 0 Å². The predicted octanol–water partition coefficient (Wildman–Crippen LogP) is 7.54. The number of benzene rings is 5. The summed E-state index contributed by atoms with van der Waals surface area (Å²) in [5.74, 6) is 15.7. The lowest BCUT2D eigenvalue weighted by atomic mass is 10.1. The zero-order valence-corrected chi connectivity index (χ0v) is 23.6. The minimum absolute atomic E-state index is 0.0412. The zero-order valence-electron chi connectivity index (χ0n) is 23.6. The van der Waals surface area contributed by atoms with Gasteiger partial charge in [-0.05, 0) is 97.1 Å². The molecule has 5 nitrogen and oxygen atoms in total. The van der Waals surface area contributed by atoms with E-state index >= 15 is 0 Å². The molecule has 0 spiro atoms. The van der Waals surface area contributed by atoms with Gasteiger partial charge >= 0.3 is 0 Å². The van der Waals surface area contributed by atoms with Crippen molar-refractivity contribution < 1.29 is 4.92 Å². The van der Waals surface area contributed by atoms with Gasteiger partial charge in [-0.3, -0.25) is 10.1 Å². The fourth-order valence-corrected chi connectivity index (χ4v) is 4.96. The molecule has 0 amide bonds. The van der Waals surface area contributed by atoms with Gasteiger partial charge in [0.1, 0.15) is 0 Å². The van der Waals surface area contributed by atoms with E-state index < -0.39 is 4.92 Å². The smallest absolute Gasteiger partial charge is 0.269 e. The number of hydrogen-bond acceptors (Lipinski definition) is 3. The Morgan fingerprint density at radius 3 is 1.53 bits per heavy atom. The quantitative estimate of drug-likeness (QED) is 0.129. The molecule has 6 aromatic rings. The molecule has 0 aliphatic rings. The normalized spacial score (nSPS) is 10.3. The monoisotopic (exact) mass is 555 g/mol. The summed E-state index contributed by atoms with van der Waals surface area (Å²) in [5.41, 5.74) is 8.48. The zero-order chi connectivity index (χ0) is 29.9. The van der Waals surface area contributed by atoms with Gasteiger partial charge < -0.3 is 9.47 Å². The highest BCUT2D eigenvalue weighted by molar-refractivity contribution is 6.10. The SMILES string of the molecule is C#Cc1ccc(-n2c3ccc(C#Cc4ccc(N(C)C)cc4)cc3c3cc(C#Cc4ccc([N+](=O)[O-])cc4)ccc32)cc1. The number of terminal acetylenes is 1. The molecule has 0 aliphatic heterocycles. The molecule has 0 bridgehead atoms. The molecule has 5 heteroatoms. The molecule has 0 N–H and O–H groups in total. The summed E-state index contributed by atoms with van der Waals surface area (Å²) in [4.78, 5) is 12.6. The van der Waals surface area contributed by atoms with Crippen LogP contribution >= 0.6 is 0 Å². The first-order valence-corrected chi connectivity index (χ1v) is 13.6. The highest BCUT2D eigenvalue weighted by atomic mass is 16.6. The average Bonchev–Trinajstić information content (AvgIpc) is 3.36. The summed E-state index contributed by atoms with van der Waals surface area (Å²) >= 11 is 0. The van der Waals surface area contributed by atoms with E-state index in [9.17, 15) is 10.1 Å². The van der Waals surface area contributed by atoms with Crippen LogP contribution in [0.15, 0.2) is 109 Å². The second-order valence-electron chi connectivity index (χ2n) is 10.2. The average molecular weight is 556 g/mol. The second-order valence-corrected chi connectivity index (χ2v) is 10.2. The van der Waals surface area contributed by atoms with Crippen LogP contribution in [0.2, 0.25) is 0 Å². The van der Waals surface area contributed by atoms with Gasteiger partial charge in [-0.1, -0.05) is 29.6 Å². The maximum atomic E-state index is 11.0. The van der Waals surface area contributed by atoms with Gasteiger partial charge in [0.15, 0.2) is 0 Å². The van der Waals surface area contributed by atoms with Crippen molar-refractivity contribution in [1.29, 1.82) is 0 Å². The van der Waals surface area contributed by atoms with Crippen molar-refractivity contribution in [3.05, 3.63) is 147 Å². The topological polar surface area (TPSA) is 51.3 Å². The largest absolute Gasteiger partial charge is 0.378 e. The summed E-state index contributed by atoms with van der Waals surface area (Å²) in [5, 5.41) is 13.1. The third kappa shape index (κ3) is 5.55. The summed E-state index contributed by atoms with van der Waals surface area (Å²) in [7, 11) is 4.03. The lowest BCUT2D eigenvalue weighted by Crippen LogP contribution is -2.07. The Bertz CT molecular complexity index is 2180. The summed E-state index contributed by atoms with van der Waals surface area (Å²) in [6, 6.07) is 34.8. The molecule has 0 aliphatic carbocycles. The van der Waals surface area contributed by atoms with Crippen LogP contribution in [0.5, 0.6) is 0 Å². The molecule has 43 heavy (non-hydrogen) atoms. The summed E-state index contributed by atoms with van der Waals surface area (Å²) < 4.78 is 2.22. The van der Waals surface area contributed by atoms with E-state index in [0.29, 0.717) is 5.56 Å². The van der Waals surface area contributed by atoms with Gasteiger partial charge in [-0.25, -0.2) is 0 Å². The highest BCUT2D eigenvalue weighted by Gasteiger charge is 2.13. The molecular weight excluding hydrogens is 530 g/mol. The number of anilines is 1. The predicted molar refractivity (Wildman–Crippen MR) is 175 cm³/mol. The first-order chi connectivity index (χ1) is 20.9. The Morgan fingerprint density at radius 1 is 0.628 bits per heavy atom. The Labute approximate surface area is 250 Å². The van der Waals surface area contributed by atoms with E-state index in [4.69, 9.17) is 6.42 Å². The number of hydrogen-bond donors (Lipinski definition) is 0.